The van der Waals surface area contributed by atoms with Gasteiger partial charge in [-0.15, -0.1) is 0 Å². The Kier molecular flexibility index (Phi) is 5.59. The van der Waals surface area contributed by atoms with E-state index >= 15 is 0 Å². The van der Waals surface area contributed by atoms with Crippen LogP contribution in [0, 0.1) is 0 Å². The van der Waals surface area contributed by atoms with E-state index in [4.69, 9.17) is 16.7 Å². The van der Waals surface area contributed by atoms with Crippen molar-refractivity contribution in [1.29, 1.82) is 0 Å². The van der Waals surface area contributed by atoms with Crippen molar-refractivity contribution in [2.45, 2.75) is 0 Å². The van der Waals surface area contributed by atoms with Crippen molar-refractivity contribution in [3.05, 3.63) is 40.9 Å². The standard InChI is InChI=1S/C15H19ClN2O2/c16-14-4-2-1-3-13(14)5-6-15(20)18-9-7-17(8-10-18)11-12-19/h1-6,19H,7-12H2/b6-5+. The smallest absolute Gasteiger partial charge is 0.246 e. The topological polar surface area (TPSA) is 43.8 Å². The number of β-amino-alcohol motifs (C(OH)–C–C–N with tert-alkyl or cyclic N) is 1. The molecule has 1 aliphatic heterocycles. The normalized spacial score (nSPS) is 16.8. The summed E-state index contributed by atoms with van der Waals surface area (Å²) < 4.78 is 0. The van der Waals surface area contributed by atoms with Gasteiger partial charge in [-0.2, -0.15) is 0 Å². The van der Waals surface area contributed by atoms with E-state index in [9.17, 15) is 4.79 Å². The van der Waals surface area contributed by atoms with Crippen molar-refractivity contribution in [3.63, 3.8) is 0 Å². The highest BCUT2D eigenvalue weighted by atomic mass is 35.5. The first-order valence-electron chi connectivity index (χ1n) is 6.75. The van der Waals surface area contributed by atoms with Crippen LogP contribution < -0.4 is 0 Å². The molecular weight excluding hydrogens is 276 g/mol. The van der Waals surface area contributed by atoms with E-state index in [2.05, 4.69) is 4.90 Å². The van der Waals surface area contributed by atoms with Crippen LogP contribution in [0.2, 0.25) is 5.02 Å². The predicted molar refractivity (Wildman–Crippen MR) is 80.6 cm³/mol. The van der Waals surface area contributed by atoms with Gasteiger partial charge in [0.25, 0.3) is 0 Å². The molecular formula is C15H19ClN2O2. The molecule has 1 heterocycles. The van der Waals surface area contributed by atoms with E-state index in [0.29, 0.717) is 24.7 Å². The molecule has 0 atom stereocenters. The van der Waals surface area contributed by atoms with Crippen molar-refractivity contribution in [2.24, 2.45) is 0 Å². The summed E-state index contributed by atoms with van der Waals surface area (Å²) in [5.74, 6) is 0.00793. The molecule has 0 aromatic heterocycles. The fourth-order valence-electron chi connectivity index (χ4n) is 2.21. The number of amides is 1. The van der Waals surface area contributed by atoms with Crippen LogP contribution in [0.5, 0.6) is 0 Å². The summed E-state index contributed by atoms with van der Waals surface area (Å²) in [5, 5.41) is 9.53. The van der Waals surface area contributed by atoms with Gasteiger partial charge in [0.15, 0.2) is 0 Å². The summed E-state index contributed by atoms with van der Waals surface area (Å²) in [4.78, 5) is 16.1. The number of nitrogens with zero attached hydrogens (tertiary/aromatic N) is 2. The highest BCUT2D eigenvalue weighted by molar-refractivity contribution is 6.32. The van der Waals surface area contributed by atoms with Crippen LogP contribution in [0.1, 0.15) is 5.56 Å². The Labute approximate surface area is 124 Å². The second-order valence-corrected chi connectivity index (χ2v) is 5.15. The number of aliphatic hydroxyl groups excluding tert-OH is 1. The maximum atomic E-state index is 12.1. The first-order chi connectivity index (χ1) is 9.70. The molecule has 0 radical (unpaired) electrons. The molecule has 1 aliphatic rings. The van der Waals surface area contributed by atoms with Gasteiger partial charge in [-0.1, -0.05) is 29.8 Å². The van der Waals surface area contributed by atoms with Crippen LogP contribution in [0.15, 0.2) is 30.3 Å². The van der Waals surface area contributed by atoms with Gasteiger partial charge in [0.05, 0.1) is 6.61 Å². The Morgan fingerprint density at radius 3 is 2.60 bits per heavy atom. The predicted octanol–water partition coefficient (Wildman–Crippen LogP) is 1.49. The lowest BCUT2D eigenvalue weighted by Gasteiger charge is -2.33. The number of aliphatic hydroxyl groups is 1. The van der Waals surface area contributed by atoms with Gasteiger partial charge >= 0.3 is 0 Å². The number of hydrogen-bond donors (Lipinski definition) is 1. The van der Waals surface area contributed by atoms with Gasteiger partial charge in [0.2, 0.25) is 5.91 Å². The second-order valence-electron chi connectivity index (χ2n) is 4.75. The summed E-state index contributed by atoms with van der Waals surface area (Å²) in [6.45, 7) is 3.87. The number of carbonyl (C=O) groups excluding carboxylic acids is 1. The molecule has 0 unspecified atom stereocenters. The van der Waals surface area contributed by atoms with Crippen LogP contribution in [0.4, 0.5) is 0 Å². The summed E-state index contributed by atoms with van der Waals surface area (Å²) in [5.41, 5.74) is 0.849. The lowest BCUT2D eigenvalue weighted by molar-refractivity contribution is -0.127. The first-order valence-corrected chi connectivity index (χ1v) is 7.13. The molecule has 1 saturated heterocycles. The molecule has 5 heteroatoms. The third-order valence-electron chi connectivity index (χ3n) is 3.41. The Balaban J connectivity index is 1.88. The van der Waals surface area contributed by atoms with Crippen molar-refractivity contribution in [1.82, 2.24) is 9.80 Å². The molecule has 0 spiro atoms. The van der Waals surface area contributed by atoms with Gasteiger partial charge in [0.1, 0.15) is 0 Å². The van der Waals surface area contributed by atoms with Gasteiger partial charge in [0, 0.05) is 43.8 Å². The van der Waals surface area contributed by atoms with Crippen LogP contribution in [-0.4, -0.2) is 60.1 Å². The van der Waals surface area contributed by atoms with Crippen LogP contribution >= 0.6 is 11.6 Å². The van der Waals surface area contributed by atoms with E-state index in [1.807, 2.05) is 23.1 Å². The number of carbonyl (C=O) groups is 1. The molecule has 20 heavy (non-hydrogen) atoms. The number of hydrogen-bond acceptors (Lipinski definition) is 3. The van der Waals surface area contributed by atoms with Crippen molar-refractivity contribution in [2.75, 3.05) is 39.3 Å². The maximum Gasteiger partial charge on any atom is 0.246 e. The Morgan fingerprint density at radius 1 is 1.25 bits per heavy atom. The third kappa shape index (κ3) is 4.07. The van der Waals surface area contributed by atoms with E-state index in [1.165, 1.54) is 0 Å². The van der Waals surface area contributed by atoms with E-state index < -0.39 is 0 Å². The molecule has 4 nitrogen and oxygen atoms in total. The zero-order chi connectivity index (χ0) is 14.4. The molecule has 1 aromatic rings. The van der Waals surface area contributed by atoms with Crippen LogP contribution in [0.3, 0.4) is 0 Å². The van der Waals surface area contributed by atoms with Gasteiger partial charge in [-0.05, 0) is 17.7 Å². The van der Waals surface area contributed by atoms with Crippen molar-refractivity contribution in [3.8, 4) is 0 Å². The van der Waals surface area contributed by atoms with Crippen LogP contribution in [-0.2, 0) is 4.79 Å². The highest BCUT2D eigenvalue weighted by Crippen LogP contribution is 2.16. The quantitative estimate of drug-likeness (QED) is 0.856. The molecule has 108 valence electrons. The molecule has 1 amide bonds. The van der Waals surface area contributed by atoms with Gasteiger partial charge in [-0.3, -0.25) is 9.69 Å². The monoisotopic (exact) mass is 294 g/mol. The van der Waals surface area contributed by atoms with E-state index in [1.54, 1.807) is 18.2 Å². The SMILES string of the molecule is O=C(/C=C/c1ccccc1Cl)N1CCN(CCO)CC1. The minimum absolute atomic E-state index is 0.00793. The lowest BCUT2D eigenvalue weighted by atomic mass is 10.2. The molecule has 0 aliphatic carbocycles. The summed E-state index contributed by atoms with van der Waals surface area (Å²) >= 11 is 6.04. The zero-order valence-corrected chi connectivity index (χ0v) is 12.1. The second kappa shape index (κ2) is 7.43. The largest absolute Gasteiger partial charge is 0.395 e. The fourth-order valence-corrected chi connectivity index (χ4v) is 2.41. The fraction of sp³-hybridized carbons (Fsp3) is 0.400. The molecule has 0 saturated carbocycles. The van der Waals surface area contributed by atoms with Gasteiger partial charge < -0.3 is 10.0 Å². The average molecular weight is 295 g/mol. The van der Waals surface area contributed by atoms with Crippen molar-refractivity contribution >= 4 is 23.6 Å². The zero-order valence-electron chi connectivity index (χ0n) is 11.3. The Hall–Kier alpha value is -1.36. The summed E-state index contributed by atoms with van der Waals surface area (Å²) in [6.07, 6.45) is 3.33. The van der Waals surface area contributed by atoms with E-state index in [-0.39, 0.29) is 12.5 Å². The molecule has 1 N–H and O–H groups in total. The summed E-state index contributed by atoms with van der Waals surface area (Å²) in [6, 6.07) is 7.44. The number of benzene rings is 1. The molecule has 0 bridgehead atoms. The first kappa shape index (κ1) is 15.0. The van der Waals surface area contributed by atoms with Crippen LogP contribution in [0.25, 0.3) is 6.08 Å². The third-order valence-corrected chi connectivity index (χ3v) is 3.76. The number of halogens is 1. The Morgan fingerprint density at radius 2 is 1.95 bits per heavy atom. The van der Waals surface area contributed by atoms with Crippen molar-refractivity contribution < 1.29 is 9.90 Å². The van der Waals surface area contributed by atoms with E-state index in [0.717, 1.165) is 18.7 Å². The minimum Gasteiger partial charge on any atom is -0.395 e. The highest BCUT2D eigenvalue weighted by Gasteiger charge is 2.18. The number of rotatable bonds is 4. The minimum atomic E-state index is 0.00793. The Bertz CT molecular complexity index is 483. The lowest BCUT2D eigenvalue weighted by Crippen LogP contribution is -2.48. The molecule has 1 fully saturated rings. The summed E-state index contributed by atoms with van der Waals surface area (Å²) in [7, 11) is 0. The number of piperazine rings is 1. The van der Waals surface area contributed by atoms with Gasteiger partial charge in [-0.25, -0.2) is 0 Å². The maximum absolute atomic E-state index is 12.1. The molecule has 2 rings (SSSR count). The molecule has 1 aromatic carbocycles. The average Bonchev–Trinajstić information content (AvgIpc) is 2.47.